The SMILES string of the molecule is COC(=O)[C@@H]1C[C@@H]2N[C@H]1C[C@@H]2O. The molecule has 4 heteroatoms. The van der Waals surface area contributed by atoms with Gasteiger partial charge >= 0.3 is 5.97 Å². The number of fused-ring (bicyclic) bond motifs is 2. The molecule has 2 saturated heterocycles. The van der Waals surface area contributed by atoms with E-state index >= 15 is 0 Å². The molecule has 4 nitrogen and oxygen atoms in total. The molecule has 0 amide bonds. The maximum absolute atomic E-state index is 11.2. The lowest BCUT2D eigenvalue weighted by Gasteiger charge is -2.20. The van der Waals surface area contributed by atoms with E-state index in [-0.39, 0.29) is 30.1 Å². The molecule has 0 radical (unpaired) electrons. The Morgan fingerprint density at radius 2 is 2.25 bits per heavy atom. The topological polar surface area (TPSA) is 58.6 Å². The van der Waals surface area contributed by atoms with Gasteiger partial charge in [-0.2, -0.15) is 0 Å². The van der Waals surface area contributed by atoms with Gasteiger partial charge in [0.15, 0.2) is 0 Å². The van der Waals surface area contributed by atoms with Gasteiger partial charge in [0.25, 0.3) is 0 Å². The van der Waals surface area contributed by atoms with Gasteiger partial charge in [-0.05, 0) is 12.8 Å². The van der Waals surface area contributed by atoms with Crippen LogP contribution in [0.15, 0.2) is 0 Å². The van der Waals surface area contributed by atoms with Crippen molar-refractivity contribution >= 4 is 5.97 Å². The molecule has 4 atom stereocenters. The van der Waals surface area contributed by atoms with Gasteiger partial charge in [0.05, 0.1) is 19.1 Å². The monoisotopic (exact) mass is 171 g/mol. The number of hydrogen-bond donors (Lipinski definition) is 2. The van der Waals surface area contributed by atoms with Crippen LogP contribution >= 0.6 is 0 Å². The van der Waals surface area contributed by atoms with Crippen LogP contribution in [0, 0.1) is 5.92 Å². The highest BCUT2D eigenvalue weighted by Gasteiger charge is 2.48. The molecule has 0 unspecified atom stereocenters. The van der Waals surface area contributed by atoms with Crippen molar-refractivity contribution in [2.45, 2.75) is 31.0 Å². The fourth-order valence-electron chi connectivity index (χ4n) is 2.23. The quantitative estimate of drug-likeness (QED) is 0.511. The molecular formula is C8H13NO3. The van der Waals surface area contributed by atoms with E-state index in [0.717, 1.165) is 6.42 Å². The van der Waals surface area contributed by atoms with E-state index in [9.17, 15) is 9.90 Å². The lowest BCUT2D eigenvalue weighted by Crippen LogP contribution is -2.32. The first-order valence-electron chi connectivity index (χ1n) is 4.24. The summed E-state index contributed by atoms with van der Waals surface area (Å²) in [6.07, 6.45) is 1.14. The van der Waals surface area contributed by atoms with Crippen molar-refractivity contribution in [1.29, 1.82) is 0 Å². The van der Waals surface area contributed by atoms with Crippen LogP contribution in [0.3, 0.4) is 0 Å². The Kier molecular flexibility index (Phi) is 1.81. The number of ether oxygens (including phenoxy) is 1. The van der Waals surface area contributed by atoms with Gasteiger partial charge in [-0.15, -0.1) is 0 Å². The minimum atomic E-state index is -0.268. The summed E-state index contributed by atoms with van der Waals surface area (Å²) in [6.45, 7) is 0. The zero-order valence-electron chi connectivity index (χ0n) is 6.99. The molecule has 0 spiro atoms. The Hall–Kier alpha value is -0.610. The van der Waals surface area contributed by atoms with E-state index in [1.54, 1.807) is 0 Å². The number of esters is 1. The Labute approximate surface area is 70.9 Å². The van der Waals surface area contributed by atoms with E-state index in [4.69, 9.17) is 0 Å². The summed E-state index contributed by atoms with van der Waals surface area (Å²) in [6, 6.07) is 0.247. The molecule has 12 heavy (non-hydrogen) atoms. The molecule has 2 aliphatic heterocycles. The third-order valence-corrected chi connectivity index (χ3v) is 2.89. The van der Waals surface area contributed by atoms with Crippen LogP contribution in [0.2, 0.25) is 0 Å². The molecule has 2 N–H and O–H groups in total. The second-order valence-corrected chi connectivity index (χ2v) is 3.55. The fourth-order valence-corrected chi connectivity index (χ4v) is 2.23. The summed E-state index contributed by atoms with van der Waals surface area (Å²) in [5.41, 5.74) is 0. The van der Waals surface area contributed by atoms with Crippen molar-refractivity contribution in [3.8, 4) is 0 Å². The van der Waals surface area contributed by atoms with Crippen LogP contribution in [-0.4, -0.2) is 36.4 Å². The Balaban J connectivity index is 2.02. The molecule has 0 aromatic heterocycles. The predicted octanol–water partition coefficient (Wildman–Crippen LogP) is -0.729. The molecule has 2 fully saturated rings. The average molecular weight is 171 g/mol. The van der Waals surface area contributed by atoms with Crippen LogP contribution in [0.4, 0.5) is 0 Å². The highest BCUT2D eigenvalue weighted by molar-refractivity contribution is 5.74. The second-order valence-electron chi connectivity index (χ2n) is 3.55. The highest BCUT2D eigenvalue weighted by Crippen LogP contribution is 2.33. The molecule has 0 aromatic rings. The number of carbonyl (C=O) groups excluding carboxylic acids is 1. The van der Waals surface area contributed by atoms with Crippen molar-refractivity contribution in [3.05, 3.63) is 0 Å². The first-order valence-corrected chi connectivity index (χ1v) is 4.24. The number of methoxy groups -OCH3 is 1. The maximum Gasteiger partial charge on any atom is 0.310 e. The van der Waals surface area contributed by atoms with Gasteiger partial charge < -0.3 is 15.2 Å². The number of rotatable bonds is 1. The van der Waals surface area contributed by atoms with Crippen molar-refractivity contribution in [2.24, 2.45) is 5.92 Å². The Bertz CT molecular complexity index is 204. The first-order chi connectivity index (χ1) is 5.72. The third-order valence-electron chi connectivity index (χ3n) is 2.89. The van der Waals surface area contributed by atoms with Crippen LogP contribution in [0.1, 0.15) is 12.8 Å². The maximum atomic E-state index is 11.2. The summed E-state index contributed by atoms with van der Waals surface area (Å²) in [5, 5.41) is 12.6. The number of aliphatic hydroxyl groups is 1. The number of aliphatic hydroxyl groups excluding tert-OH is 1. The van der Waals surface area contributed by atoms with E-state index < -0.39 is 0 Å². The number of carbonyl (C=O) groups is 1. The molecule has 68 valence electrons. The second kappa shape index (κ2) is 2.71. The molecule has 0 aliphatic carbocycles. The van der Waals surface area contributed by atoms with Gasteiger partial charge in [0, 0.05) is 12.1 Å². The molecule has 0 saturated carbocycles. The van der Waals surface area contributed by atoms with Gasteiger partial charge in [0.2, 0.25) is 0 Å². The van der Waals surface area contributed by atoms with Gasteiger partial charge in [-0.3, -0.25) is 4.79 Å². The third kappa shape index (κ3) is 1.03. The van der Waals surface area contributed by atoms with Crippen LogP contribution in [-0.2, 0) is 9.53 Å². The number of nitrogens with one attached hydrogen (secondary N) is 1. The van der Waals surface area contributed by atoms with Gasteiger partial charge in [-0.1, -0.05) is 0 Å². The molecule has 2 bridgehead atoms. The number of hydrogen-bond acceptors (Lipinski definition) is 4. The summed E-state index contributed by atoms with van der Waals surface area (Å²) in [7, 11) is 1.41. The van der Waals surface area contributed by atoms with Gasteiger partial charge in [0.1, 0.15) is 0 Å². The van der Waals surface area contributed by atoms with Crippen molar-refractivity contribution in [3.63, 3.8) is 0 Å². The molecule has 2 aliphatic rings. The van der Waals surface area contributed by atoms with E-state index in [1.807, 2.05) is 0 Å². The molecule has 0 aromatic carbocycles. The fraction of sp³-hybridized carbons (Fsp3) is 0.875. The smallest absolute Gasteiger partial charge is 0.310 e. The van der Waals surface area contributed by atoms with Crippen LogP contribution < -0.4 is 5.32 Å². The molecular weight excluding hydrogens is 158 g/mol. The van der Waals surface area contributed by atoms with Crippen molar-refractivity contribution in [1.82, 2.24) is 5.32 Å². The zero-order valence-corrected chi connectivity index (χ0v) is 6.99. The van der Waals surface area contributed by atoms with Crippen molar-refractivity contribution in [2.75, 3.05) is 7.11 Å². The Morgan fingerprint density at radius 3 is 2.67 bits per heavy atom. The zero-order chi connectivity index (χ0) is 8.72. The summed E-state index contributed by atoms with van der Waals surface area (Å²) >= 11 is 0. The van der Waals surface area contributed by atoms with E-state index in [1.165, 1.54) is 7.11 Å². The van der Waals surface area contributed by atoms with Crippen LogP contribution in [0.5, 0.6) is 0 Å². The minimum absolute atomic E-state index is 0.0385. The lowest BCUT2D eigenvalue weighted by molar-refractivity contribution is -0.146. The van der Waals surface area contributed by atoms with Crippen LogP contribution in [0.25, 0.3) is 0 Å². The summed E-state index contributed by atoms with van der Waals surface area (Å²) < 4.78 is 4.66. The highest BCUT2D eigenvalue weighted by atomic mass is 16.5. The predicted molar refractivity (Wildman–Crippen MR) is 41.5 cm³/mol. The van der Waals surface area contributed by atoms with E-state index in [0.29, 0.717) is 6.42 Å². The molecule has 2 rings (SSSR count). The van der Waals surface area contributed by atoms with Gasteiger partial charge in [-0.25, -0.2) is 0 Å². The largest absolute Gasteiger partial charge is 0.469 e. The lowest BCUT2D eigenvalue weighted by atomic mass is 9.87. The normalized spacial score (nSPS) is 44.8. The standard InChI is InChI=1S/C8H13NO3/c1-12-8(11)4-2-6-7(10)3-5(4)9-6/h4-7,9-10H,2-3H2,1H3/t4-,5+,6+,7+/m1/s1. The van der Waals surface area contributed by atoms with Crippen molar-refractivity contribution < 1.29 is 14.6 Å². The molecule has 2 heterocycles. The summed E-state index contributed by atoms with van der Waals surface area (Å²) in [4.78, 5) is 11.2. The summed E-state index contributed by atoms with van der Waals surface area (Å²) in [5.74, 6) is -0.190. The minimum Gasteiger partial charge on any atom is -0.469 e. The average Bonchev–Trinajstić information content (AvgIpc) is 2.60. The van der Waals surface area contributed by atoms with E-state index in [2.05, 4.69) is 10.1 Å². The Morgan fingerprint density at radius 1 is 1.50 bits per heavy atom. The first kappa shape index (κ1) is 8.01.